The van der Waals surface area contributed by atoms with Gasteiger partial charge in [0.05, 0.1) is 25.9 Å². The predicted molar refractivity (Wildman–Crippen MR) is 72.8 cm³/mol. The van der Waals surface area contributed by atoms with Crippen LogP contribution >= 0.6 is 0 Å². The molecule has 0 radical (unpaired) electrons. The summed E-state index contributed by atoms with van der Waals surface area (Å²) in [5.74, 6) is 0.749. The fraction of sp³-hybridized carbons (Fsp3) is 0.500. The maximum atomic E-state index is 12.0. The van der Waals surface area contributed by atoms with Crippen LogP contribution in [-0.2, 0) is 0 Å². The lowest BCUT2D eigenvalue weighted by molar-refractivity contribution is 0.0946. The molecular weight excluding hydrogens is 246 g/mol. The van der Waals surface area contributed by atoms with Crippen LogP contribution in [0.2, 0.25) is 0 Å². The van der Waals surface area contributed by atoms with E-state index in [4.69, 9.17) is 14.6 Å². The molecule has 0 heterocycles. The molecule has 1 unspecified atom stereocenters. The molecule has 0 bridgehead atoms. The first-order valence-corrected chi connectivity index (χ1v) is 6.27. The maximum absolute atomic E-state index is 12.0. The van der Waals surface area contributed by atoms with E-state index >= 15 is 0 Å². The number of methoxy groups -OCH3 is 2. The number of para-hydroxylation sites is 1. The molecule has 19 heavy (non-hydrogen) atoms. The van der Waals surface area contributed by atoms with Gasteiger partial charge in [0.2, 0.25) is 0 Å². The predicted octanol–water partition coefficient (Wildman–Crippen LogP) is 1.59. The molecule has 0 aliphatic carbocycles. The first kappa shape index (κ1) is 15.3. The van der Waals surface area contributed by atoms with Crippen molar-refractivity contribution >= 4 is 5.91 Å². The van der Waals surface area contributed by atoms with Crippen molar-refractivity contribution in [1.82, 2.24) is 5.32 Å². The summed E-state index contributed by atoms with van der Waals surface area (Å²) >= 11 is 0. The molecular formula is C14H21NO4. The number of rotatable bonds is 7. The molecule has 0 fully saturated rings. The number of benzene rings is 1. The third-order valence-electron chi connectivity index (χ3n) is 2.73. The molecule has 0 saturated carbocycles. The number of nitrogens with one attached hydrogen (secondary N) is 1. The molecule has 0 saturated heterocycles. The highest BCUT2D eigenvalue weighted by molar-refractivity contribution is 5.97. The number of carbonyl (C=O) groups is 1. The normalized spacial score (nSPS) is 11.8. The number of aliphatic hydroxyl groups is 1. The molecule has 0 aliphatic heterocycles. The molecule has 1 amide bonds. The number of amides is 1. The summed E-state index contributed by atoms with van der Waals surface area (Å²) in [7, 11) is 3.03. The molecule has 0 spiro atoms. The fourth-order valence-corrected chi connectivity index (χ4v) is 1.76. The van der Waals surface area contributed by atoms with Crippen molar-refractivity contribution in [3.05, 3.63) is 23.8 Å². The van der Waals surface area contributed by atoms with Gasteiger partial charge in [0.25, 0.3) is 5.91 Å². The Labute approximate surface area is 113 Å². The van der Waals surface area contributed by atoms with E-state index in [9.17, 15) is 4.79 Å². The Morgan fingerprint density at radius 3 is 2.68 bits per heavy atom. The fourth-order valence-electron chi connectivity index (χ4n) is 1.76. The van der Waals surface area contributed by atoms with E-state index in [1.165, 1.54) is 14.2 Å². The van der Waals surface area contributed by atoms with Crippen molar-refractivity contribution < 1.29 is 19.4 Å². The van der Waals surface area contributed by atoms with Gasteiger partial charge in [-0.05, 0) is 31.9 Å². The van der Waals surface area contributed by atoms with Crippen molar-refractivity contribution in [3.63, 3.8) is 0 Å². The van der Waals surface area contributed by atoms with Crippen LogP contribution in [0.4, 0.5) is 0 Å². The van der Waals surface area contributed by atoms with Gasteiger partial charge in [-0.15, -0.1) is 0 Å². The standard InChI is InChI=1S/C14H21NO4/c1-10(16)6-5-9-15-14(17)11-7-4-8-12(18-2)13(11)19-3/h4,7-8,10,16H,5-6,9H2,1-3H3,(H,15,17). The highest BCUT2D eigenvalue weighted by Crippen LogP contribution is 2.30. The molecule has 2 N–H and O–H groups in total. The van der Waals surface area contributed by atoms with Gasteiger partial charge in [-0.1, -0.05) is 6.07 Å². The van der Waals surface area contributed by atoms with Gasteiger partial charge >= 0.3 is 0 Å². The van der Waals surface area contributed by atoms with E-state index in [0.29, 0.717) is 30.0 Å². The third kappa shape index (κ3) is 4.44. The Morgan fingerprint density at radius 2 is 2.11 bits per heavy atom. The number of hydrogen-bond acceptors (Lipinski definition) is 4. The third-order valence-corrected chi connectivity index (χ3v) is 2.73. The zero-order chi connectivity index (χ0) is 14.3. The second-order valence-electron chi connectivity index (χ2n) is 4.29. The summed E-state index contributed by atoms with van der Waals surface area (Å²) < 4.78 is 10.4. The molecule has 106 valence electrons. The van der Waals surface area contributed by atoms with Gasteiger partial charge in [-0.25, -0.2) is 0 Å². The summed E-state index contributed by atoms with van der Waals surface area (Å²) in [5.41, 5.74) is 0.443. The molecule has 1 aromatic rings. The minimum atomic E-state index is -0.344. The lowest BCUT2D eigenvalue weighted by Gasteiger charge is -2.12. The largest absolute Gasteiger partial charge is 0.493 e. The van der Waals surface area contributed by atoms with Gasteiger partial charge in [-0.2, -0.15) is 0 Å². The highest BCUT2D eigenvalue weighted by atomic mass is 16.5. The van der Waals surface area contributed by atoms with E-state index in [2.05, 4.69) is 5.32 Å². The SMILES string of the molecule is COc1cccc(C(=O)NCCCC(C)O)c1OC. The Bertz CT molecular complexity index is 418. The van der Waals surface area contributed by atoms with Crippen molar-refractivity contribution in [3.8, 4) is 11.5 Å². The Hall–Kier alpha value is -1.75. The van der Waals surface area contributed by atoms with Crippen molar-refractivity contribution in [2.45, 2.75) is 25.9 Å². The van der Waals surface area contributed by atoms with Crippen LogP contribution in [0.3, 0.4) is 0 Å². The minimum absolute atomic E-state index is 0.207. The summed E-state index contributed by atoms with van der Waals surface area (Å²) in [6.45, 7) is 2.25. The van der Waals surface area contributed by atoms with Gasteiger partial charge < -0.3 is 19.9 Å². The van der Waals surface area contributed by atoms with E-state index in [1.807, 2.05) is 0 Å². The lowest BCUT2D eigenvalue weighted by Crippen LogP contribution is -2.25. The molecule has 0 aliphatic rings. The number of ether oxygens (including phenoxy) is 2. The van der Waals surface area contributed by atoms with Crippen molar-refractivity contribution in [1.29, 1.82) is 0 Å². The summed E-state index contributed by atoms with van der Waals surface area (Å²) in [5, 5.41) is 11.9. The van der Waals surface area contributed by atoms with Crippen LogP contribution in [0.15, 0.2) is 18.2 Å². The Kier molecular flexibility index (Phi) is 6.15. The lowest BCUT2D eigenvalue weighted by atomic mass is 10.1. The summed E-state index contributed by atoms with van der Waals surface area (Å²) in [4.78, 5) is 12.0. The second kappa shape index (κ2) is 7.63. The topological polar surface area (TPSA) is 67.8 Å². The van der Waals surface area contributed by atoms with Crippen LogP contribution < -0.4 is 14.8 Å². The van der Waals surface area contributed by atoms with E-state index in [0.717, 1.165) is 6.42 Å². The Balaban J connectivity index is 2.66. The number of hydrogen-bond donors (Lipinski definition) is 2. The average Bonchev–Trinajstić information content (AvgIpc) is 2.42. The smallest absolute Gasteiger partial charge is 0.255 e. The second-order valence-corrected chi connectivity index (χ2v) is 4.29. The van der Waals surface area contributed by atoms with Crippen LogP contribution in [0.1, 0.15) is 30.1 Å². The maximum Gasteiger partial charge on any atom is 0.255 e. The van der Waals surface area contributed by atoms with Crippen LogP contribution in [0, 0.1) is 0 Å². The van der Waals surface area contributed by atoms with Crippen LogP contribution in [0.5, 0.6) is 11.5 Å². The zero-order valence-corrected chi connectivity index (χ0v) is 11.6. The molecule has 5 heteroatoms. The van der Waals surface area contributed by atoms with Gasteiger partial charge in [-0.3, -0.25) is 4.79 Å². The zero-order valence-electron chi connectivity index (χ0n) is 11.6. The minimum Gasteiger partial charge on any atom is -0.493 e. The first-order valence-electron chi connectivity index (χ1n) is 6.27. The highest BCUT2D eigenvalue weighted by Gasteiger charge is 2.15. The van der Waals surface area contributed by atoms with Gasteiger partial charge in [0, 0.05) is 6.54 Å². The summed E-state index contributed by atoms with van der Waals surface area (Å²) in [6.07, 6.45) is 1.05. The quantitative estimate of drug-likeness (QED) is 0.736. The van der Waals surface area contributed by atoms with Crippen LogP contribution in [0.25, 0.3) is 0 Å². The molecule has 1 atom stereocenters. The van der Waals surface area contributed by atoms with Crippen molar-refractivity contribution in [2.24, 2.45) is 0 Å². The van der Waals surface area contributed by atoms with Crippen molar-refractivity contribution in [2.75, 3.05) is 20.8 Å². The van der Waals surface area contributed by atoms with E-state index in [-0.39, 0.29) is 12.0 Å². The number of carbonyl (C=O) groups excluding carboxylic acids is 1. The average molecular weight is 267 g/mol. The van der Waals surface area contributed by atoms with Crippen LogP contribution in [-0.4, -0.2) is 37.9 Å². The number of aliphatic hydroxyl groups excluding tert-OH is 1. The molecule has 5 nitrogen and oxygen atoms in total. The van der Waals surface area contributed by atoms with Gasteiger partial charge in [0.15, 0.2) is 11.5 Å². The monoisotopic (exact) mass is 267 g/mol. The van der Waals surface area contributed by atoms with Gasteiger partial charge in [0.1, 0.15) is 0 Å². The van der Waals surface area contributed by atoms with E-state index in [1.54, 1.807) is 25.1 Å². The van der Waals surface area contributed by atoms with E-state index < -0.39 is 0 Å². The summed E-state index contributed by atoms with van der Waals surface area (Å²) in [6, 6.07) is 5.17. The molecule has 1 rings (SSSR count). The molecule has 1 aromatic carbocycles. The Morgan fingerprint density at radius 1 is 1.37 bits per heavy atom. The molecule has 0 aromatic heterocycles. The first-order chi connectivity index (χ1) is 9.10.